The smallest absolute Gasteiger partial charge is 0.261 e. The van der Waals surface area contributed by atoms with Crippen molar-refractivity contribution in [3.63, 3.8) is 0 Å². The van der Waals surface area contributed by atoms with Gasteiger partial charge in [-0.25, -0.2) is 12.8 Å². The summed E-state index contributed by atoms with van der Waals surface area (Å²) in [5.41, 5.74) is 6.78. The van der Waals surface area contributed by atoms with Crippen molar-refractivity contribution >= 4 is 37.3 Å². The molecular formula is C14H15BrFN3O2S. The summed E-state index contributed by atoms with van der Waals surface area (Å²) < 4.78 is 41.3. The molecule has 0 saturated heterocycles. The summed E-state index contributed by atoms with van der Waals surface area (Å²) in [5.74, 6) is -0.681. The first kappa shape index (κ1) is 16.7. The first-order valence-electron chi connectivity index (χ1n) is 6.36. The van der Waals surface area contributed by atoms with Crippen LogP contribution in [0.5, 0.6) is 0 Å². The minimum Gasteiger partial charge on any atom is -0.388 e. The molecule has 0 aromatic heterocycles. The van der Waals surface area contributed by atoms with Crippen LogP contribution < -0.4 is 15.8 Å². The van der Waals surface area contributed by atoms with Gasteiger partial charge in [-0.05, 0) is 42.0 Å². The number of halogens is 2. The van der Waals surface area contributed by atoms with Crippen LogP contribution in [0.4, 0.5) is 15.8 Å². The van der Waals surface area contributed by atoms with E-state index >= 15 is 0 Å². The van der Waals surface area contributed by atoms with Crippen LogP contribution in [0.15, 0.2) is 45.8 Å². The third-order valence-corrected chi connectivity index (χ3v) is 5.17. The molecule has 0 amide bonds. The topological polar surface area (TPSA) is 84.2 Å². The lowest BCUT2D eigenvalue weighted by Crippen LogP contribution is -2.14. The van der Waals surface area contributed by atoms with Crippen molar-refractivity contribution in [2.45, 2.75) is 11.4 Å². The van der Waals surface area contributed by atoms with Crippen molar-refractivity contribution in [2.24, 2.45) is 5.73 Å². The van der Waals surface area contributed by atoms with Crippen molar-refractivity contribution < 1.29 is 12.8 Å². The molecule has 0 aliphatic carbocycles. The Bertz CT molecular complexity index is 779. The second kappa shape index (κ2) is 6.64. The van der Waals surface area contributed by atoms with Gasteiger partial charge in [-0.2, -0.15) is 0 Å². The number of nitrogens with one attached hydrogen (secondary N) is 2. The zero-order chi connectivity index (χ0) is 16.3. The molecule has 0 unspecified atom stereocenters. The fourth-order valence-corrected chi connectivity index (χ4v) is 3.37. The van der Waals surface area contributed by atoms with Crippen molar-refractivity contribution in [1.82, 2.24) is 0 Å². The molecular weight excluding hydrogens is 373 g/mol. The number of hydrogen-bond donors (Lipinski definition) is 3. The molecule has 5 nitrogen and oxygen atoms in total. The molecule has 22 heavy (non-hydrogen) atoms. The first-order valence-corrected chi connectivity index (χ1v) is 8.63. The van der Waals surface area contributed by atoms with Gasteiger partial charge in [0.05, 0.1) is 10.6 Å². The minimum absolute atomic E-state index is 0.0446. The van der Waals surface area contributed by atoms with E-state index in [2.05, 4.69) is 26.0 Å². The summed E-state index contributed by atoms with van der Waals surface area (Å²) in [4.78, 5) is 0.0446. The lowest BCUT2D eigenvalue weighted by Gasteiger charge is -2.12. The van der Waals surface area contributed by atoms with E-state index < -0.39 is 15.8 Å². The second-order valence-corrected chi connectivity index (χ2v) is 7.04. The molecule has 8 heteroatoms. The Labute approximate surface area is 136 Å². The number of benzene rings is 2. The van der Waals surface area contributed by atoms with Crippen molar-refractivity contribution in [1.29, 1.82) is 0 Å². The summed E-state index contributed by atoms with van der Waals surface area (Å²) >= 11 is 3.18. The average molecular weight is 388 g/mol. The van der Waals surface area contributed by atoms with Gasteiger partial charge in [0.15, 0.2) is 0 Å². The number of hydrogen-bond acceptors (Lipinski definition) is 4. The van der Waals surface area contributed by atoms with Gasteiger partial charge in [-0.1, -0.05) is 15.9 Å². The maximum atomic E-state index is 13.9. The maximum absolute atomic E-state index is 13.9. The third-order valence-electron chi connectivity index (χ3n) is 3.05. The van der Waals surface area contributed by atoms with E-state index in [0.717, 1.165) is 5.69 Å². The zero-order valence-corrected chi connectivity index (χ0v) is 14.1. The van der Waals surface area contributed by atoms with Crippen LogP contribution in [-0.2, 0) is 16.6 Å². The summed E-state index contributed by atoms with van der Waals surface area (Å²) in [5, 5.41) is 2.89. The van der Waals surface area contributed by atoms with Crippen LogP contribution in [0.25, 0.3) is 0 Å². The fourth-order valence-electron chi connectivity index (χ4n) is 1.83. The Morgan fingerprint density at radius 1 is 1.23 bits per heavy atom. The van der Waals surface area contributed by atoms with Crippen LogP contribution in [0.1, 0.15) is 5.56 Å². The molecule has 0 bridgehead atoms. The van der Waals surface area contributed by atoms with Gasteiger partial charge in [-0.15, -0.1) is 0 Å². The standard InChI is InChI=1S/C14H15BrFN3O2S/c1-18-10-2-4-11(5-3-10)22(20,21)19-14-6-9(8-17)12(15)7-13(14)16/h2-7,18-19H,8,17H2,1H3. The quantitative estimate of drug-likeness (QED) is 0.736. The van der Waals surface area contributed by atoms with E-state index in [1.807, 2.05) is 0 Å². The largest absolute Gasteiger partial charge is 0.388 e. The first-order chi connectivity index (χ1) is 10.4. The molecule has 0 heterocycles. The molecule has 4 N–H and O–H groups in total. The maximum Gasteiger partial charge on any atom is 0.261 e. The van der Waals surface area contributed by atoms with Crippen LogP contribution >= 0.6 is 15.9 Å². The zero-order valence-electron chi connectivity index (χ0n) is 11.7. The fraction of sp³-hybridized carbons (Fsp3) is 0.143. The van der Waals surface area contributed by atoms with Gasteiger partial charge in [-0.3, -0.25) is 4.72 Å². The predicted octanol–water partition coefficient (Wildman–Crippen LogP) is 2.89. The van der Waals surface area contributed by atoms with Gasteiger partial charge in [0.25, 0.3) is 10.0 Å². The molecule has 118 valence electrons. The third kappa shape index (κ3) is 3.57. The molecule has 2 aromatic carbocycles. The number of rotatable bonds is 5. The Morgan fingerprint density at radius 3 is 2.41 bits per heavy atom. The van der Waals surface area contributed by atoms with E-state index in [1.165, 1.54) is 24.3 Å². The van der Waals surface area contributed by atoms with Gasteiger partial charge < -0.3 is 11.1 Å². The Hall–Kier alpha value is -1.64. The average Bonchev–Trinajstić information content (AvgIpc) is 2.50. The van der Waals surface area contributed by atoms with Crippen LogP contribution in [0.3, 0.4) is 0 Å². The van der Waals surface area contributed by atoms with Crippen LogP contribution in [0, 0.1) is 5.82 Å². The van der Waals surface area contributed by atoms with E-state index in [4.69, 9.17) is 5.73 Å². The predicted molar refractivity (Wildman–Crippen MR) is 88.8 cm³/mol. The highest BCUT2D eigenvalue weighted by Gasteiger charge is 2.17. The normalized spacial score (nSPS) is 11.3. The number of nitrogens with two attached hydrogens (primary N) is 1. The van der Waals surface area contributed by atoms with Gasteiger partial charge in [0, 0.05) is 23.8 Å². The highest BCUT2D eigenvalue weighted by Crippen LogP contribution is 2.26. The number of anilines is 2. The minimum atomic E-state index is -3.87. The number of sulfonamides is 1. The van der Waals surface area contributed by atoms with E-state index in [0.29, 0.717) is 10.0 Å². The molecule has 0 radical (unpaired) electrons. The van der Waals surface area contributed by atoms with E-state index in [-0.39, 0.29) is 17.1 Å². The lowest BCUT2D eigenvalue weighted by atomic mass is 10.2. The molecule has 2 rings (SSSR count). The van der Waals surface area contributed by atoms with Crippen LogP contribution in [-0.4, -0.2) is 15.5 Å². The van der Waals surface area contributed by atoms with Crippen molar-refractivity contribution in [2.75, 3.05) is 17.1 Å². The summed E-state index contributed by atoms with van der Waals surface area (Å²) in [6, 6.07) is 8.68. The van der Waals surface area contributed by atoms with Gasteiger partial charge >= 0.3 is 0 Å². The lowest BCUT2D eigenvalue weighted by molar-refractivity contribution is 0.598. The molecule has 0 atom stereocenters. The van der Waals surface area contributed by atoms with Gasteiger partial charge in [0.1, 0.15) is 5.82 Å². The molecule has 0 saturated carbocycles. The Balaban J connectivity index is 2.35. The SMILES string of the molecule is CNc1ccc(S(=O)(=O)Nc2cc(CN)c(Br)cc2F)cc1. The summed E-state index contributed by atoms with van der Waals surface area (Å²) in [6.45, 7) is 0.159. The van der Waals surface area contributed by atoms with E-state index in [1.54, 1.807) is 19.2 Å². The Morgan fingerprint density at radius 2 is 1.86 bits per heavy atom. The summed E-state index contributed by atoms with van der Waals surface area (Å²) in [6.07, 6.45) is 0. The molecule has 0 spiro atoms. The Kier molecular flexibility index (Phi) is 5.05. The van der Waals surface area contributed by atoms with Crippen molar-refractivity contribution in [3.05, 3.63) is 52.3 Å². The molecule has 0 aliphatic rings. The molecule has 0 aliphatic heterocycles. The monoisotopic (exact) mass is 387 g/mol. The highest BCUT2D eigenvalue weighted by atomic mass is 79.9. The summed E-state index contributed by atoms with van der Waals surface area (Å²) in [7, 11) is -2.14. The van der Waals surface area contributed by atoms with Crippen LogP contribution in [0.2, 0.25) is 0 Å². The second-order valence-electron chi connectivity index (χ2n) is 4.51. The molecule has 2 aromatic rings. The van der Waals surface area contributed by atoms with Gasteiger partial charge in [0.2, 0.25) is 0 Å². The highest BCUT2D eigenvalue weighted by molar-refractivity contribution is 9.10. The van der Waals surface area contributed by atoms with Crippen molar-refractivity contribution in [3.8, 4) is 0 Å². The van der Waals surface area contributed by atoms with E-state index in [9.17, 15) is 12.8 Å². The molecule has 0 fully saturated rings.